The molecule has 0 saturated carbocycles. The maximum absolute atomic E-state index is 13.1. The van der Waals surface area contributed by atoms with Gasteiger partial charge in [-0.2, -0.15) is 0 Å². The zero-order valence-corrected chi connectivity index (χ0v) is 70.5. The molecule has 0 aromatic carbocycles. The molecule has 0 aliphatic carbocycles. The molecule has 624 valence electrons. The van der Waals surface area contributed by atoms with E-state index in [0.29, 0.717) is 25.7 Å². The fourth-order valence-corrected chi connectivity index (χ4v) is 15.1. The van der Waals surface area contributed by atoms with Gasteiger partial charge in [0.15, 0.2) is 12.2 Å². The Balaban J connectivity index is 5.26. The van der Waals surface area contributed by atoms with Gasteiger partial charge < -0.3 is 33.8 Å². The van der Waals surface area contributed by atoms with Gasteiger partial charge in [-0.1, -0.05) is 419 Å². The number of hydrogen-bond acceptors (Lipinski definition) is 15. The van der Waals surface area contributed by atoms with Crippen LogP contribution < -0.4 is 0 Å². The Morgan fingerprint density at radius 1 is 0.229 bits per heavy atom. The molecule has 0 fully saturated rings. The maximum atomic E-state index is 13.1. The van der Waals surface area contributed by atoms with E-state index in [2.05, 4.69) is 27.7 Å². The number of rotatable bonds is 87. The number of carbonyl (C=O) groups is 4. The number of hydrogen-bond donors (Lipinski definition) is 3. The number of phosphoric acid groups is 2. The van der Waals surface area contributed by atoms with E-state index in [1.165, 1.54) is 302 Å². The molecule has 0 spiro atoms. The Bertz CT molecular complexity index is 1980. The van der Waals surface area contributed by atoms with E-state index in [1.807, 2.05) is 0 Å². The molecule has 0 heterocycles. The van der Waals surface area contributed by atoms with Gasteiger partial charge in [0.05, 0.1) is 26.4 Å². The lowest BCUT2D eigenvalue weighted by Gasteiger charge is -2.21. The number of esters is 4. The van der Waals surface area contributed by atoms with Gasteiger partial charge >= 0.3 is 39.5 Å². The standard InChI is InChI=1S/C86H168O17P2/c1-5-9-13-17-21-25-29-33-36-39-42-45-49-53-57-61-65-69-73-86(91)103-82(77-97-84(89)71-67-63-59-55-51-47-43-40-37-34-30-26-22-18-14-10-6-2)79-101-105(94,95)99-75-80(87)74-98-104(92,93)100-78-81(76-96-83(88)70-66-62-58-54-50-46-32-28-24-20-16-12-8-4)102-85(90)72-68-64-60-56-52-48-44-41-38-35-31-27-23-19-15-11-7-3/h80-82,87H,5-79H2,1-4H3,(H,92,93)(H,94,95)/t80-,81+,82+/m0/s1. The number of aliphatic hydroxyl groups is 1. The first-order valence-corrected chi connectivity index (χ1v) is 47.8. The summed E-state index contributed by atoms with van der Waals surface area (Å²) in [6, 6.07) is 0. The fourth-order valence-electron chi connectivity index (χ4n) is 13.5. The highest BCUT2D eigenvalue weighted by molar-refractivity contribution is 7.47. The van der Waals surface area contributed by atoms with Crippen LogP contribution in [-0.4, -0.2) is 96.7 Å². The molecule has 19 heteroatoms. The Labute approximate surface area is 645 Å². The smallest absolute Gasteiger partial charge is 0.462 e. The molecule has 3 N–H and O–H groups in total. The molecule has 0 aliphatic heterocycles. The molecule has 0 rings (SSSR count). The van der Waals surface area contributed by atoms with Crippen molar-refractivity contribution >= 4 is 39.5 Å². The predicted octanol–water partition coefficient (Wildman–Crippen LogP) is 26.5. The molecular formula is C86H168O17P2. The summed E-state index contributed by atoms with van der Waals surface area (Å²) in [5, 5.41) is 10.7. The highest BCUT2D eigenvalue weighted by Gasteiger charge is 2.30. The lowest BCUT2D eigenvalue weighted by atomic mass is 10.0. The van der Waals surface area contributed by atoms with E-state index in [1.54, 1.807) is 0 Å². The largest absolute Gasteiger partial charge is 0.472 e. The van der Waals surface area contributed by atoms with Crippen molar-refractivity contribution in [3.8, 4) is 0 Å². The van der Waals surface area contributed by atoms with Gasteiger partial charge in [-0.3, -0.25) is 37.3 Å². The Morgan fingerprint density at radius 2 is 0.381 bits per heavy atom. The van der Waals surface area contributed by atoms with Crippen LogP contribution in [0.15, 0.2) is 0 Å². The van der Waals surface area contributed by atoms with Crippen molar-refractivity contribution in [2.75, 3.05) is 39.6 Å². The summed E-state index contributed by atoms with van der Waals surface area (Å²) in [4.78, 5) is 73.3. The summed E-state index contributed by atoms with van der Waals surface area (Å²) in [7, 11) is -9.93. The van der Waals surface area contributed by atoms with Crippen LogP contribution in [0.4, 0.5) is 0 Å². The van der Waals surface area contributed by atoms with Gasteiger partial charge in [0, 0.05) is 25.7 Å². The molecule has 0 aromatic rings. The first-order chi connectivity index (χ1) is 51.2. The Kier molecular flexibility index (Phi) is 78.6. The Hall–Kier alpha value is -1.94. The van der Waals surface area contributed by atoms with Gasteiger partial charge in [-0.25, -0.2) is 9.13 Å². The van der Waals surface area contributed by atoms with Crippen LogP contribution in [0.25, 0.3) is 0 Å². The number of ether oxygens (including phenoxy) is 4. The van der Waals surface area contributed by atoms with Crippen molar-refractivity contribution < 1.29 is 80.2 Å². The molecule has 5 atom stereocenters. The van der Waals surface area contributed by atoms with Crippen molar-refractivity contribution in [2.24, 2.45) is 0 Å². The molecule has 17 nitrogen and oxygen atoms in total. The molecule has 2 unspecified atom stereocenters. The van der Waals surface area contributed by atoms with Gasteiger partial charge in [0.2, 0.25) is 0 Å². The van der Waals surface area contributed by atoms with Gasteiger partial charge in [0.25, 0.3) is 0 Å². The average molecular weight is 1540 g/mol. The van der Waals surface area contributed by atoms with Crippen LogP contribution in [-0.2, 0) is 65.4 Å². The predicted molar refractivity (Wildman–Crippen MR) is 432 cm³/mol. The molecule has 105 heavy (non-hydrogen) atoms. The van der Waals surface area contributed by atoms with Crippen molar-refractivity contribution in [1.82, 2.24) is 0 Å². The molecule has 0 saturated heterocycles. The fraction of sp³-hybridized carbons (Fsp3) is 0.953. The van der Waals surface area contributed by atoms with Crippen LogP contribution >= 0.6 is 15.6 Å². The summed E-state index contributed by atoms with van der Waals surface area (Å²) >= 11 is 0. The topological polar surface area (TPSA) is 237 Å². The summed E-state index contributed by atoms with van der Waals surface area (Å²) in [5.41, 5.74) is 0. The third kappa shape index (κ3) is 79.9. The molecule has 0 aliphatic rings. The van der Waals surface area contributed by atoms with E-state index in [0.717, 1.165) is 89.9 Å². The first-order valence-electron chi connectivity index (χ1n) is 44.8. The Morgan fingerprint density at radius 3 is 0.562 bits per heavy atom. The lowest BCUT2D eigenvalue weighted by Crippen LogP contribution is -2.30. The molecule has 0 amide bonds. The monoisotopic (exact) mass is 1540 g/mol. The van der Waals surface area contributed by atoms with E-state index in [9.17, 15) is 43.2 Å². The zero-order chi connectivity index (χ0) is 76.7. The zero-order valence-electron chi connectivity index (χ0n) is 68.7. The van der Waals surface area contributed by atoms with E-state index in [-0.39, 0.29) is 25.7 Å². The van der Waals surface area contributed by atoms with Crippen molar-refractivity contribution in [1.29, 1.82) is 0 Å². The number of unbranched alkanes of at least 4 members (excludes halogenated alkanes) is 61. The third-order valence-corrected chi connectivity index (χ3v) is 22.3. The first kappa shape index (κ1) is 103. The summed E-state index contributed by atoms with van der Waals surface area (Å²) in [6.45, 7) is 5.07. The number of carbonyl (C=O) groups excluding carboxylic acids is 4. The molecule has 0 aromatic heterocycles. The van der Waals surface area contributed by atoms with Gasteiger partial charge in [-0.05, 0) is 25.7 Å². The minimum Gasteiger partial charge on any atom is -0.462 e. The lowest BCUT2D eigenvalue weighted by molar-refractivity contribution is -0.161. The van der Waals surface area contributed by atoms with Crippen molar-refractivity contribution in [3.05, 3.63) is 0 Å². The third-order valence-electron chi connectivity index (χ3n) is 20.4. The quantitative estimate of drug-likeness (QED) is 0.0222. The van der Waals surface area contributed by atoms with Crippen molar-refractivity contribution in [3.63, 3.8) is 0 Å². The second-order valence-electron chi connectivity index (χ2n) is 30.9. The number of phosphoric ester groups is 2. The van der Waals surface area contributed by atoms with Crippen LogP contribution in [0.5, 0.6) is 0 Å². The highest BCUT2D eigenvalue weighted by Crippen LogP contribution is 2.45. The van der Waals surface area contributed by atoms with Crippen molar-refractivity contribution in [2.45, 2.75) is 489 Å². The maximum Gasteiger partial charge on any atom is 0.472 e. The second-order valence-corrected chi connectivity index (χ2v) is 33.8. The molecule has 0 radical (unpaired) electrons. The normalized spacial score (nSPS) is 13.7. The summed E-state index contributed by atoms with van der Waals surface area (Å²) < 4.78 is 69.0. The molecule has 0 bridgehead atoms. The summed E-state index contributed by atoms with van der Waals surface area (Å²) in [5.74, 6) is -2.09. The number of aliphatic hydroxyl groups excluding tert-OH is 1. The van der Waals surface area contributed by atoms with Gasteiger partial charge in [0.1, 0.15) is 19.3 Å². The SMILES string of the molecule is CCCCCCCCCCCCCCCCCCCCC(=O)O[C@H](COC(=O)CCCCCCCCCCCCCCCCCCC)COP(=O)(O)OC[C@@H](O)COP(=O)(O)OC[C@@H](COC(=O)CCCCCCCCCCCCCCC)OC(=O)CCCCCCCCCCCCCCCCCCC. The van der Waals surface area contributed by atoms with E-state index < -0.39 is 97.5 Å². The van der Waals surface area contributed by atoms with Crippen LogP contribution in [0.1, 0.15) is 471 Å². The van der Waals surface area contributed by atoms with Crippen LogP contribution in [0.3, 0.4) is 0 Å². The minimum atomic E-state index is -4.96. The van der Waals surface area contributed by atoms with E-state index in [4.69, 9.17) is 37.0 Å². The summed E-state index contributed by atoms with van der Waals surface area (Å²) in [6.07, 6.45) is 74.8. The minimum absolute atomic E-state index is 0.110. The highest BCUT2D eigenvalue weighted by atomic mass is 31.2. The van der Waals surface area contributed by atoms with Gasteiger partial charge in [-0.15, -0.1) is 0 Å². The van der Waals surface area contributed by atoms with Crippen LogP contribution in [0.2, 0.25) is 0 Å². The second kappa shape index (κ2) is 80.1. The average Bonchev–Trinajstić information content (AvgIpc) is 0.973. The van der Waals surface area contributed by atoms with E-state index >= 15 is 0 Å². The molecular weight excluding hydrogens is 1370 g/mol. The van der Waals surface area contributed by atoms with Crippen LogP contribution in [0, 0.1) is 0 Å².